The summed E-state index contributed by atoms with van der Waals surface area (Å²) < 4.78 is 9.91. The van der Waals surface area contributed by atoms with E-state index >= 15 is 0 Å². The van der Waals surface area contributed by atoms with E-state index in [2.05, 4.69) is 15.0 Å². The predicted octanol–water partition coefficient (Wildman–Crippen LogP) is 0.922. The number of carbonyl (C=O) groups excluding carboxylic acids is 1. The first kappa shape index (κ1) is 11.7. The van der Waals surface area contributed by atoms with Crippen molar-refractivity contribution in [3.63, 3.8) is 0 Å². The van der Waals surface area contributed by atoms with Crippen LogP contribution in [0.2, 0.25) is 0 Å². The van der Waals surface area contributed by atoms with Crippen molar-refractivity contribution in [1.29, 1.82) is 0 Å². The molecule has 5 nitrogen and oxygen atoms in total. The highest BCUT2D eigenvalue weighted by Crippen LogP contribution is 2.11. The van der Waals surface area contributed by atoms with E-state index in [1.54, 1.807) is 6.92 Å². The van der Waals surface area contributed by atoms with Crippen LogP contribution in [0.4, 0.5) is 0 Å². The Kier molecular flexibility index (Phi) is 4.30. The molecule has 0 aromatic carbocycles. The van der Waals surface area contributed by atoms with Gasteiger partial charge in [0.15, 0.2) is 11.6 Å². The van der Waals surface area contributed by atoms with Crippen LogP contribution in [0, 0.1) is 6.92 Å². The first-order chi connectivity index (χ1) is 7.19. The van der Waals surface area contributed by atoms with Gasteiger partial charge in [-0.15, -0.1) is 0 Å². The molecule has 0 bridgehead atoms. The Balaban J connectivity index is 2.64. The van der Waals surface area contributed by atoms with Crippen LogP contribution in [0.1, 0.15) is 29.1 Å². The molecule has 0 aliphatic rings. The van der Waals surface area contributed by atoms with E-state index in [0.29, 0.717) is 18.1 Å². The second-order valence-electron chi connectivity index (χ2n) is 3.11. The van der Waals surface area contributed by atoms with E-state index in [1.807, 2.05) is 6.92 Å². The van der Waals surface area contributed by atoms with Crippen molar-refractivity contribution in [3.05, 3.63) is 17.3 Å². The molecule has 1 aromatic heterocycles. The summed E-state index contributed by atoms with van der Waals surface area (Å²) in [6.07, 6.45) is 0.672. The molecule has 0 amide bonds. The van der Waals surface area contributed by atoms with Gasteiger partial charge in [0.25, 0.3) is 0 Å². The molecule has 84 valence electrons. The fourth-order valence-corrected chi connectivity index (χ4v) is 1.22. The summed E-state index contributed by atoms with van der Waals surface area (Å²) in [4.78, 5) is 15.3. The van der Waals surface area contributed by atoms with Gasteiger partial charge in [-0.05, 0) is 13.5 Å². The molecule has 1 heterocycles. The summed E-state index contributed by atoms with van der Waals surface area (Å²) in [5, 5.41) is 3.15. The molecule has 0 unspecified atom stereocenters. The first-order valence-corrected chi connectivity index (χ1v) is 4.94. The number of aromatic nitrogens is 1. The van der Waals surface area contributed by atoms with Crippen LogP contribution in [0.15, 0.2) is 4.42 Å². The van der Waals surface area contributed by atoms with Crippen molar-refractivity contribution in [2.24, 2.45) is 0 Å². The average molecular weight is 212 g/mol. The number of nitrogens with one attached hydrogen (secondary N) is 1. The van der Waals surface area contributed by atoms with Crippen LogP contribution in [-0.2, 0) is 11.2 Å². The maximum absolute atomic E-state index is 11.2. The standard InChI is InChI=1S/C10H16N2O3/c1-4-11-6-5-8-12-9(7(2)15-8)10(13)14-3/h11H,4-6H2,1-3H3. The monoisotopic (exact) mass is 212 g/mol. The molecule has 0 fully saturated rings. The van der Waals surface area contributed by atoms with Gasteiger partial charge in [0, 0.05) is 13.0 Å². The minimum atomic E-state index is -0.453. The van der Waals surface area contributed by atoms with Crippen LogP contribution >= 0.6 is 0 Å². The minimum absolute atomic E-state index is 0.268. The molecule has 0 saturated carbocycles. The van der Waals surface area contributed by atoms with Crippen molar-refractivity contribution >= 4 is 5.97 Å². The highest BCUT2D eigenvalue weighted by molar-refractivity contribution is 5.88. The first-order valence-electron chi connectivity index (χ1n) is 4.94. The van der Waals surface area contributed by atoms with Crippen LogP contribution in [0.5, 0.6) is 0 Å². The molecule has 1 aromatic rings. The highest BCUT2D eigenvalue weighted by Gasteiger charge is 2.16. The van der Waals surface area contributed by atoms with Gasteiger partial charge >= 0.3 is 5.97 Å². The zero-order chi connectivity index (χ0) is 11.3. The molecule has 0 aliphatic heterocycles. The number of likely N-dealkylation sites (N-methyl/N-ethyl adjacent to an activating group) is 1. The quantitative estimate of drug-likeness (QED) is 0.581. The lowest BCUT2D eigenvalue weighted by atomic mass is 10.4. The number of nitrogens with zero attached hydrogens (tertiary/aromatic N) is 1. The van der Waals surface area contributed by atoms with Gasteiger partial charge in [0.2, 0.25) is 0 Å². The summed E-state index contributed by atoms with van der Waals surface area (Å²) in [5.74, 6) is 0.619. The van der Waals surface area contributed by atoms with Crippen molar-refractivity contribution in [2.45, 2.75) is 20.3 Å². The van der Waals surface area contributed by atoms with Gasteiger partial charge in [0.05, 0.1) is 7.11 Å². The third-order valence-electron chi connectivity index (χ3n) is 1.99. The van der Waals surface area contributed by atoms with E-state index in [0.717, 1.165) is 13.1 Å². The fourth-order valence-electron chi connectivity index (χ4n) is 1.22. The number of esters is 1. The van der Waals surface area contributed by atoms with Crippen molar-refractivity contribution in [3.8, 4) is 0 Å². The number of methoxy groups -OCH3 is 1. The summed E-state index contributed by atoms with van der Waals surface area (Å²) in [5.41, 5.74) is 0.268. The van der Waals surface area contributed by atoms with Gasteiger partial charge in [-0.3, -0.25) is 0 Å². The molecule has 15 heavy (non-hydrogen) atoms. The maximum Gasteiger partial charge on any atom is 0.360 e. The van der Waals surface area contributed by atoms with Crippen LogP contribution < -0.4 is 5.32 Å². The summed E-state index contributed by atoms with van der Waals surface area (Å²) in [6.45, 7) is 5.43. The van der Waals surface area contributed by atoms with E-state index < -0.39 is 5.97 Å². The fraction of sp³-hybridized carbons (Fsp3) is 0.600. The molecule has 1 rings (SSSR count). The Morgan fingerprint density at radius 2 is 2.33 bits per heavy atom. The molecule has 0 aliphatic carbocycles. The Hall–Kier alpha value is -1.36. The van der Waals surface area contributed by atoms with E-state index in [4.69, 9.17) is 4.42 Å². The molecule has 0 radical (unpaired) electrons. The van der Waals surface area contributed by atoms with E-state index in [1.165, 1.54) is 7.11 Å². The minimum Gasteiger partial charge on any atom is -0.464 e. The van der Waals surface area contributed by atoms with Crippen molar-refractivity contribution < 1.29 is 13.9 Å². The number of hydrogen-bond acceptors (Lipinski definition) is 5. The average Bonchev–Trinajstić information content (AvgIpc) is 2.59. The summed E-state index contributed by atoms with van der Waals surface area (Å²) >= 11 is 0. The van der Waals surface area contributed by atoms with Crippen LogP contribution in [0.25, 0.3) is 0 Å². The van der Waals surface area contributed by atoms with Gasteiger partial charge in [-0.1, -0.05) is 6.92 Å². The van der Waals surface area contributed by atoms with Crippen molar-refractivity contribution in [1.82, 2.24) is 10.3 Å². The smallest absolute Gasteiger partial charge is 0.360 e. The normalized spacial score (nSPS) is 10.3. The van der Waals surface area contributed by atoms with Gasteiger partial charge in [-0.2, -0.15) is 0 Å². The summed E-state index contributed by atoms with van der Waals surface area (Å²) in [6, 6.07) is 0. The van der Waals surface area contributed by atoms with Gasteiger partial charge in [0.1, 0.15) is 5.76 Å². The van der Waals surface area contributed by atoms with Crippen molar-refractivity contribution in [2.75, 3.05) is 20.2 Å². The third-order valence-corrected chi connectivity index (χ3v) is 1.99. The number of rotatable bonds is 5. The second-order valence-corrected chi connectivity index (χ2v) is 3.11. The van der Waals surface area contributed by atoms with Crippen LogP contribution in [-0.4, -0.2) is 31.2 Å². The maximum atomic E-state index is 11.2. The number of oxazole rings is 1. The molecule has 1 N–H and O–H groups in total. The van der Waals surface area contributed by atoms with Crippen LogP contribution in [0.3, 0.4) is 0 Å². The zero-order valence-electron chi connectivity index (χ0n) is 9.29. The second kappa shape index (κ2) is 5.50. The lowest BCUT2D eigenvalue weighted by Crippen LogP contribution is -2.16. The predicted molar refractivity (Wildman–Crippen MR) is 54.8 cm³/mol. The largest absolute Gasteiger partial charge is 0.464 e. The topological polar surface area (TPSA) is 64.4 Å². The van der Waals surface area contributed by atoms with E-state index in [-0.39, 0.29) is 5.69 Å². The Bertz CT molecular complexity index is 333. The molecule has 0 spiro atoms. The Morgan fingerprint density at radius 3 is 2.93 bits per heavy atom. The number of carbonyl (C=O) groups is 1. The SMILES string of the molecule is CCNCCc1nc(C(=O)OC)c(C)o1. The zero-order valence-corrected chi connectivity index (χ0v) is 9.29. The number of hydrogen-bond donors (Lipinski definition) is 1. The Morgan fingerprint density at radius 1 is 1.60 bits per heavy atom. The lowest BCUT2D eigenvalue weighted by Gasteiger charge is -1.96. The molecule has 5 heteroatoms. The summed E-state index contributed by atoms with van der Waals surface area (Å²) in [7, 11) is 1.33. The van der Waals surface area contributed by atoms with Gasteiger partial charge < -0.3 is 14.5 Å². The molecule has 0 saturated heterocycles. The lowest BCUT2D eigenvalue weighted by molar-refractivity contribution is 0.0593. The molecule has 0 atom stereocenters. The third kappa shape index (κ3) is 3.06. The van der Waals surface area contributed by atoms with Gasteiger partial charge in [-0.25, -0.2) is 9.78 Å². The Labute approximate surface area is 88.8 Å². The number of ether oxygens (including phenoxy) is 1. The highest BCUT2D eigenvalue weighted by atomic mass is 16.5. The van der Waals surface area contributed by atoms with E-state index in [9.17, 15) is 4.79 Å². The molecular formula is C10H16N2O3. The number of aryl methyl sites for hydroxylation is 1. The molecular weight excluding hydrogens is 196 g/mol.